The first-order valence-corrected chi connectivity index (χ1v) is 7.74. The topological polar surface area (TPSA) is 60.9 Å². The third-order valence-electron chi connectivity index (χ3n) is 3.71. The van der Waals surface area contributed by atoms with Crippen molar-refractivity contribution >= 4 is 22.6 Å². The summed E-state index contributed by atoms with van der Waals surface area (Å²) in [6.07, 6.45) is 2.95. The molecule has 118 valence electrons. The van der Waals surface area contributed by atoms with E-state index in [4.69, 9.17) is 16.0 Å². The van der Waals surface area contributed by atoms with Crippen LogP contribution >= 0.6 is 11.6 Å². The molecule has 4 aromatic rings. The average Bonchev–Trinajstić information content (AvgIpc) is 3.07. The van der Waals surface area contributed by atoms with Crippen LogP contribution in [0.25, 0.3) is 22.4 Å². The number of benzene rings is 2. The van der Waals surface area contributed by atoms with E-state index in [1.165, 1.54) is 6.20 Å². The van der Waals surface area contributed by atoms with E-state index in [-0.39, 0.29) is 12.1 Å². The Labute approximate surface area is 142 Å². The maximum Gasteiger partial charge on any atom is 0.269 e. The van der Waals surface area contributed by atoms with Crippen molar-refractivity contribution < 1.29 is 4.42 Å². The molecule has 2 aromatic heterocycles. The maximum atomic E-state index is 12.2. The van der Waals surface area contributed by atoms with Gasteiger partial charge in [-0.15, -0.1) is 0 Å². The van der Waals surface area contributed by atoms with Crippen LogP contribution in [0.15, 0.2) is 70.1 Å². The van der Waals surface area contributed by atoms with Gasteiger partial charge in [-0.2, -0.15) is 0 Å². The molecule has 0 atom stereocenters. The molecule has 0 aliphatic heterocycles. The number of rotatable bonds is 3. The summed E-state index contributed by atoms with van der Waals surface area (Å²) in [5, 5.41) is 0.543. The second kappa shape index (κ2) is 5.94. The van der Waals surface area contributed by atoms with Crippen molar-refractivity contribution in [1.82, 2.24) is 14.5 Å². The molecular weight excluding hydrogens is 326 g/mol. The van der Waals surface area contributed by atoms with Gasteiger partial charge in [-0.05, 0) is 18.2 Å². The van der Waals surface area contributed by atoms with Crippen LogP contribution < -0.4 is 5.56 Å². The zero-order valence-electron chi connectivity index (χ0n) is 12.5. The highest BCUT2D eigenvalue weighted by atomic mass is 35.5. The molecule has 0 unspecified atom stereocenters. The predicted octanol–water partition coefficient (Wildman–Crippen LogP) is 3.75. The summed E-state index contributed by atoms with van der Waals surface area (Å²) >= 11 is 6.05. The molecule has 0 bridgehead atoms. The third-order valence-corrected chi connectivity index (χ3v) is 3.95. The summed E-state index contributed by atoms with van der Waals surface area (Å²) in [6.45, 7) is 0.213. The molecule has 0 aliphatic rings. The lowest BCUT2D eigenvalue weighted by molar-refractivity contribution is 0.488. The summed E-state index contributed by atoms with van der Waals surface area (Å²) in [5.41, 5.74) is 2.04. The monoisotopic (exact) mass is 337 g/mol. The molecule has 6 heteroatoms. The zero-order valence-corrected chi connectivity index (χ0v) is 13.3. The van der Waals surface area contributed by atoms with E-state index in [0.29, 0.717) is 27.7 Å². The first-order valence-electron chi connectivity index (χ1n) is 7.36. The Bertz CT molecular complexity index is 1070. The molecule has 0 saturated heterocycles. The van der Waals surface area contributed by atoms with Crippen LogP contribution in [0.3, 0.4) is 0 Å². The predicted molar refractivity (Wildman–Crippen MR) is 92.1 cm³/mol. The lowest BCUT2D eigenvalue weighted by Gasteiger charge is -2.07. The molecule has 5 nitrogen and oxygen atoms in total. The molecule has 4 rings (SSSR count). The SMILES string of the molecule is O=c1cnc2ccc(Cl)cc2n1Cc1ncc(-c2ccccc2)o1. The van der Waals surface area contributed by atoms with Crippen LogP contribution in [-0.2, 0) is 6.54 Å². The molecule has 24 heavy (non-hydrogen) atoms. The van der Waals surface area contributed by atoms with E-state index < -0.39 is 0 Å². The number of hydrogen-bond donors (Lipinski definition) is 0. The molecule has 0 aliphatic carbocycles. The Hall–Kier alpha value is -2.92. The molecule has 0 fully saturated rings. The fourth-order valence-electron chi connectivity index (χ4n) is 2.55. The summed E-state index contributed by atoms with van der Waals surface area (Å²) < 4.78 is 7.33. The van der Waals surface area contributed by atoms with Crippen molar-refractivity contribution in [3.8, 4) is 11.3 Å². The summed E-state index contributed by atoms with van der Waals surface area (Å²) in [5.74, 6) is 1.11. The summed E-state index contributed by atoms with van der Waals surface area (Å²) in [7, 11) is 0. The van der Waals surface area contributed by atoms with Crippen LogP contribution in [0.2, 0.25) is 5.02 Å². The molecule has 0 amide bonds. The number of fused-ring (bicyclic) bond motifs is 1. The molecular formula is C18H12ClN3O2. The first-order chi connectivity index (χ1) is 11.7. The third kappa shape index (κ3) is 2.70. The van der Waals surface area contributed by atoms with Crippen molar-refractivity contribution in [2.75, 3.05) is 0 Å². The Morgan fingerprint density at radius 1 is 1.04 bits per heavy atom. The van der Waals surface area contributed by atoms with E-state index in [1.807, 2.05) is 30.3 Å². The number of halogens is 1. The number of oxazole rings is 1. The minimum Gasteiger partial charge on any atom is -0.439 e. The molecule has 0 N–H and O–H groups in total. The van der Waals surface area contributed by atoms with E-state index in [9.17, 15) is 4.79 Å². The van der Waals surface area contributed by atoms with E-state index in [0.717, 1.165) is 5.56 Å². The van der Waals surface area contributed by atoms with Crippen LogP contribution in [0, 0.1) is 0 Å². The highest BCUT2D eigenvalue weighted by molar-refractivity contribution is 6.31. The van der Waals surface area contributed by atoms with E-state index in [1.54, 1.807) is 29.0 Å². The van der Waals surface area contributed by atoms with Gasteiger partial charge in [-0.1, -0.05) is 41.9 Å². The van der Waals surface area contributed by atoms with Gasteiger partial charge in [0, 0.05) is 10.6 Å². The Kier molecular flexibility index (Phi) is 3.63. The minimum absolute atomic E-state index is 0.213. The van der Waals surface area contributed by atoms with Gasteiger partial charge in [0.25, 0.3) is 5.56 Å². The van der Waals surface area contributed by atoms with Crippen molar-refractivity contribution in [2.24, 2.45) is 0 Å². The Balaban J connectivity index is 1.75. The largest absolute Gasteiger partial charge is 0.439 e. The number of hydrogen-bond acceptors (Lipinski definition) is 4. The van der Waals surface area contributed by atoms with Gasteiger partial charge in [-0.25, -0.2) is 9.97 Å². The molecule has 2 heterocycles. The first kappa shape index (κ1) is 14.7. The fraction of sp³-hybridized carbons (Fsp3) is 0.0556. The maximum absolute atomic E-state index is 12.2. The minimum atomic E-state index is -0.232. The number of nitrogens with zero attached hydrogens (tertiary/aromatic N) is 3. The Morgan fingerprint density at radius 2 is 1.88 bits per heavy atom. The normalized spacial score (nSPS) is 11.0. The zero-order chi connectivity index (χ0) is 16.5. The average molecular weight is 338 g/mol. The molecule has 0 radical (unpaired) electrons. The molecule has 0 saturated carbocycles. The highest BCUT2D eigenvalue weighted by Crippen LogP contribution is 2.21. The van der Waals surface area contributed by atoms with Gasteiger partial charge < -0.3 is 4.42 Å². The van der Waals surface area contributed by atoms with Crippen molar-refractivity contribution in [2.45, 2.75) is 6.54 Å². The fourth-order valence-corrected chi connectivity index (χ4v) is 2.72. The highest BCUT2D eigenvalue weighted by Gasteiger charge is 2.10. The van der Waals surface area contributed by atoms with Crippen molar-refractivity contribution in [3.05, 3.63) is 82.2 Å². The molecule has 2 aromatic carbocycles. The van der Waals surface area contributed by atoms with Crippen LogP contribution in [0.4, 0.5) is 0 Å². The Morgan fingerprint density at radius 3 is 2.71 bits per heavy atom. The second-order valence-corrected chi connectivity index (χ2v) is 5.74. The standard InChI is InChI=1S/C18H12ClN3O2/c19-13-6-7-14-15(8-13)22(18(23)10-20-14)11-17-21-9-16(24-17)12-4-2-1-3-5-12/h1-10H,11H2. The van der Waals surface area contributed by atoms with Crippen LogP contribution in [-0.4, -0.2) is 14.5 Å². The van der Waals surface area contributed by atoms with Gasteiger partial charge in [0.15, 0.2) is 5.76 Å². The van der Waals surface area contributed by atoms with E-state index in [2.05, 4.69) is 9.97 Å². The lowest BCUT2D eigenvalue weighted by Crippen LogP contribution is -2.21. The van der Waals surface area contributed by atoms with Gasteiger partial charge in [0.05, 0.1) is 23.4 Å². The number of aromatic nitrogens is 3. The van der Waals surface area contributed by atoms with Gasteiger partial charge in [-0.3, -0.25) is 9.36 Å². The van der Waals surface area contributed by atoms with Gasteiger partial charge in [0.1, 0.15) is 6.54 Å². The van der Waals surface area contributed by atoms with Crippen LogP contribution in [0.5, 0.6) is 0 Å². The summed E-state index contributed by atoms with van der Waals surface area (Å²) in [6, 6.07) is 14.9. The van der Waals surface area contributed by atoms with Gasteiger partial charge in [0.2, 0.25) is 5.89 Å². The van der Waals surface area contributed by atoms with Crippen LogP contribution in [0.1, 0.15) is 5.89 Å². The van der Waals surface area contributed by atoms with Crippen molar-refractivity contribution in [1.29, 1.82) is 0 Å². The molecule has 0 spiro atoms. The van der Waals surface area contributed by atoms with E-state index >= 15 is 0 Å². The van der Waals surface area contributed by atoms with Crippen molar-refractivity contribution in [3.63, 3.8) is 0 Å². The lowest BCUT2D eigenvalue weighted by atomic mass is 10.2. The summed E-state index contributed by atoms with van der Waals surface area (Å²) in [4.78, 5) is 20.6. The second-order valence-electron chi connectivity index (χ2n) is 5.30. The quantitative estimate of drug-likeness (QED) is 0.571. The smallest absolute Gasteiger partial charge is 0.269 e. The van der Waals surface area contributed by atoms with Gasteiger partial charge >= 0.3 is 0 Å².